The number of aryl methyl sites for hydroxylation is 1. The molecule has 2 nitrogen and oxygen atoms in total. The van der Waals surface area contributed by atoms with Crippen LogP contribution < -0.4 is 0 Å². The fraction of sp³-hybridized carbons (Fsp3) is 0.400. The van der Waals surface area contributed by atoms with Crippen molar-refractivity contribution in [2.24, 2.45) is 0 Å². The molecule has 2 rings (SSSR count). The highest BCUT2D eigenvalue weighted by Gasteiger charge is 2.08. The number of hydrogen-bond donors (Lipinski definition) is 0. The fourth-order valence-electron chi connectivity index (χ4n) is 0.791. The Labute approximate surface area is 51.9 Å². The van der Waals surface area contributed by atoms with Gasteiger partial charge in [-0.1, -0.05) is 0 Å². The standard InChI is InChI=1S/C5H5N2S/c1-2-6-7-3-4-8-5(1)7/h1H,3-4H2. The van der Waals surface area contributed by atoms with Crippen molar-refractivity contribution in [3.05, 3.63) is 12.3 Å². The van der Waals surface area contributed by atoms with Crippen molar-refractivity contribution in [2.45, 2.75) is 11.6 Å². The Morgan fingerprint density at radius 1 is 1.88 bits per heavy atom. The third kappa shape index (κ3) is 0.478. The van der Waals surface area contributed by atoms with Crippen molar-refractivity contribution in [3.63, 3.8) is 0 Å². The minimum Gasteiger partial charge on any atom is -0.258 e. The number of hydrogen-bond acceptors (Lipinski definition) is 2. The lowest BCUT2D eigenvalue weighted by Crippen LogP contribution is -1.93. The number of fused-ring (bicyclic) bond motifs is 1. The van der Waals surface area contributed by atoms with Gasteiger partial charge in [0.1, 0.15) is 6.20 Å². The first-order chi connectivity index (χ1) is 3.97. The summed E-state index contributed by atoms with van der Waals surface area (Å²) in [6.45, 7) is 1.06. The molecule has 0 amide bonds. The second kappa shape index (κ2) is 1.52. The van der Waals surface area contributed by atoms with Gasteiger partial charge in [-0.15, -0.1) is 11.8 Å². The molecule has 1 aromatic rings. The maximum absolute atomic E-state index is 3.97. The lowest BCUT2D eigenvalue weighted by atomic mass is 10.7. The van der Waals surface area contributed by atoms with Crippen LogP contribution in [0.25, 0.3) is 0 Å². The lowest BCUT2D eigenvalue weighted by Gasteiger charge is -1.86. The third-order valence-electron chi connectivity index (χ3n) is 1.17. The van der Waals surface area contributed by atoms with Crippen LogP contribution in [0.3, 0.4) is 0 Å². The van der Waals surface area contributed by atoms with E-state index < -0.39 is 0 Å². The maximum Gasteiger partial charge on any atom is 0.114 e. The second-order valence-corrected chi connectivity index (χ2v) is 2.80. The summed E-state index contributed by atoms with van der Waals surface area (Å²) >= 11 is 1.84. The van der Waals surface area contributed by atoms with Crippen molar-refractivity contribution in [3.8, 4) is 0 Å². The Kier molecular flexibility index (Phi) is 0.842. The number of rotatable bonds is 0. The van der Waals surface area contributed by atoms with E-state index in [2.05, 4.69) is 11.3 Å². The molecule has 0 unspecified atom stereocenters. The van der Waals surface area contributed by atoms with Crippen molar-refractivity contribution in [1.29, 1.82) is 0 Å². The van der Waals surface area contributed by atoms with E-state index in [-0.39, 0.29) is 0 Å². The fourth-order valence-corrected chi connectivity index (χ4v) is 1.68. The van der Waals surface area contributed by atoms with Crippen LogP contribution in [0.4, 0.5) is 0 Å². The molecule has 0 N–H and O–H groups in total. The van der Waals surface area contributed by atoms with Gasteiger partial charge in [0.15, 0.2) is 0 Å². The molecule has 1 aliphatic rings. The zero-order chi connectivity index (χ0) is 5.40. The molecule has 3 heteroatoms. The molecule has 0 atom stereocenters. The van der Waals surface area contributed by atoms with Gasteiger partial charge in [-0.05, 0) is 6.07 Å². The van der Waals surface area contributed by atoms with E-state index in [0.717, 1.165) is 6.54 Å². The third-order valence-corrected chi connectivity index (χ3v) is 2.18. The minimum atomic E-state index is 1.06. The largest absolute Gasteiger partial charge is 0.258 e. The first-order valence-electron chi connectivity index (χ1n) is 2.53. The Balaban J connectivity index is 2.54. The van der Waals surface area contributed by atoms with Crippen LogP contribution >= 0.6 is 11.8 Å². The molecule has 0 fully saturated rings. The topological polar surface area (TPSA) is 17.8 Å². The highest BCUT2D eigenvalue weighted by Crippen LogP contribution is 2.22. The summed E-state index contributed by atoms with van der Waals surface area (Å²) in [6, 6.07) is 1.93. The summed E-state index contributed by atoms with van der Waals surface area (Å²) in [7, 11) is 0. The van der Waals surface area contributed by atoms with Gasteiger partial charge in [0.2, 0.25) is 0 Å². The van der Waals surface area contributed by atoms with E-state index in [1.807, 2.05) is 22.5 Å². The van der Waals surface area contributed by atoms with Crippen LogP contribution in [0, 0.1) is 6.20 Å². The van der Waals surface area contributed by atoms with Gasteiger partial charge in [-0.3, -0.25) is 4.68 Å². The molecule has 0 bridgehead atoms. The van der Waals surface area contributed by atoms with E-state index in [1.54, 1.807) is 0 Å². The molecule has 1 radical (unpaired) electrons. The predicted octanol–water partition coefficient (Wildman–Crippen LogP) is 0.789. The average Bonchev–Trinajstić information content (AvgIpc) is 2.15. The van der Waals surface area contributed by atoms with E-state index in [0.29, 0.717) is 0 Å². The van der Waals surface area contributed by atoms with Crippen LogP contribution in [-0.4, -0.2) is 15.5 Å². The van der Waals surface area contributed by atoms with Crippen LogP contribution in [0.2, 0.25) is 0 Å². The summed E-state index contributed by atoms with van der Waals surface area (Å²) in [4.78, 5) is 0. The second-order valence-electron chi connectivity index (χ2n) is 1.68. The maximum atomic E-state index is 3.97. The quantitative estimate of drug-likeness (QED) is 0.510. The highest BCUT2D eigenvalue weighted by atomic mass is 32.2. The monoisotopic (exact) mass is 125 g/mol. The summed E-state index contributed by atoms with van der Waals surface area (Å²) in [5, 5.41) is 5.22. The molecule has 1 aliphatic heterocycles. The van der Waals surface area contributed by atoms with E-state index in [1.165, 1.54) is 10.8 Å². The Hall–Kier alpha value is -0.440. The number of thioether (sulfide) groups is 1. The van der Waals surface area contributed by atoms with E-state index in [9.17, 15) is 0 Å². The van der Waals surface area contributed by atoms with Gasteiger partial charge in [0, 0.05) is 5.75 Å². The molecule has 0 aliphatic carbocycles. The molecule has 0 saturated carbocycles. The van der Waals surface area contributed by atoms with Gasteiger partial charge < -0.3 is 0 Å². The normalized spacial score (nSPS) is 16.5. The Morgan fingerprint density at radius 3 is 3.75 bits per heavy atom. The van der Waals surface area contributed by atoms with Crippen LogP contribution in [0.1, 0.15) is 0 Å². The summed E-state index contributed by atoms with van der Waals surface area (Å²) in [5.74, 6) is 1.18. The van der Waals surface area contributed by atoms with Gasteiger partial charge in [0.25, 0.3) is 0 Å². The first-order valence-corrected chi connectivity index (χ1v) is 3.52. The Morgan fingerprint density at radius 2 is 2.88 bits per heavy atom. The van der Waals surface area contributed by atoms with Gasteiger partial charge in [0.05, 0.1) is 11.6 Å². The molecule has 0 aromatic carbocycles. The smallest absolute Gasteiger partial charge is 0.114 e. The average molecular weight is 125 g/mol. The van der Waals surface area contributed by atoms with E-state index in [4.69, 9.17) is 0 Å². The van der Waals surface area contributed by atoms with Crippen molar-refractivity contribution < 1.29 is 0 Å². The van der Waals surface area contributed by atoms with E-state index >= 15 is 0 Å². The summed E-state index contributed by atoms with van der Waals surface area (Å²) in [5.41, 5.74) is 0. The SMILES string of the molecule is [c]1cc2n(n1)CCS2. The molecular formula is C5H5N2S. The number of aromatic nitrogens is 2. The van der Waals surface area contributed by atoms with Crippen molar-refractivity contribution >= 4 is 11.8 Å². The highest BCUT2D eigenvalue weighted by molar-refractivity contribution is 7.99. The van der Waals surface area contributed by atoms with Crippen LogP contribution in [0.5, 0.6) is 0 Å². The van der Waals surface area contributed by atoms with Crippen molar-refractivity contribution in [2.75, 3.05) is 5.75 Å². The lowest BCUT2D eigenvalue weighted by molar-refractivity contribution is 0.632. The molecule has 0 saturated heterocycles. The number of nitrogens with zero attached hydrogens (tertiary/aromatic N) is 2. The van der Waals surface area contributed by atoms with Gasteiger partial charge in [-0.25, -0.2) is 0 Å². The zero-order valence-corrected chi connectivity index (χ0v) is 5.11. The predicted molar refractivity (Wildman–Crippen MR) is 31.8 cm³/mol. The molecule has 0 spiro atoms. The molecule has 41 valence electrons. The molecule has 1 aromatic heterocycles. The van der Waals surface area contributed by atoms with Crippen molar-refractivity contribution in [1.82, 2.24) is 9.78 Å². The first kappa shape index (κ1) is 4.44. The van der Waals surface area contributed by atoms with Crippen LogP contribution in [0.15, 0.2) is 11.1 Å². The molecule has 8 heavy (non-hydrogen) atoms. The Bertz CT molecular complexity index is 176. The minimum absolute atomic E-state index is 1.06. The van der Waals surface area contributed by atoms with Gasteiger partial charge >= 0.3 is 0 Å². The summed E-state index contributed by atoms with van der Waals surface area (Å²) < 4.78 is 1.98. The molecular weight excluding hydrogens is 120 g/mol. The van der Waals surface area contributed by atoms with Gasteiger partial charge in [-0.2, -0.15) is 5.10 Å². The van der Waals surface area contributed by atoms with Crippen LogP contribution in [-0.2, 0) is 6.54 Å². The summed E-state index contributed by atoms with van der Waals surface area (Å²) in [6.07, 6.45) is 2.79. The zero-order valence-electron chi connectivity index (χ0n) is 4.29. The molecule has 2 heterocycles.